The van der Waals surface area contributed by atoms with Gasteiger partial charge >= 0.3 is 6.03 Å². The second-order valence-electron chi connectivity index (χ2n) is 8.45. The van der Waals surface area contributed by atoms with E-state index in [1.807, 2.05) is 17.7 Å². The Morgan fingerprint density at radius 3 is 2.65 bits per heavy atom. The number of nitrogens with one attached hydrogen (secondary N) is 2. The molecule has 4 bridgehead atoms. The monoisotopic (exact) mass is 518 g/mol. The van der Waals surface area contributed by atoms with Gasteiger partial charge in [0.25, 0.3) is 5.92 Å². The highest BCUT2D eigenvalue weighted by atomic mass is 35.5. The first-order chi connectivity index (χ1) is 15.5. The van der Waals surface area contributed by atoms with Gasteiger partial charge in [-0.05, 0) is 43.0 Å². The molecule has 0 unspecified atom stereocenters. The third-order valence-electron chi connectivity index (χ3n) is 6.19. The molecule has 3 heterocycles. The van der Waals surface area contributed by atoms with Crippen molar-refractivity contribution in [2.75, 3.05) is 12.3 Å². The lowest BCUT2D eigenvalue weighted by molar-refractivity contribution is -0.00456. The average Bonchev–Trinajstić information content (AvgIpc) is 3.00. The van der Waals surface area contributed by atoms with Gasteiger partial charge in [-0.3, -0.25) is 4.98 Å². The molecule has 0 spiro atoms. The van der Waals surface area contributed by atoms with Crippen LogP contribution < -0.4 is 10.0 Å². The van der Waals surface area contributed by atoms with Crippen LogP contribution in [-0.4, -0.2) is 54.6 Å². The smallest absolute Gasteiger partial charge is 0.318 e. The SMILES string of the molecule is CCS(=O)(=O)N[C@@H]1[C@@H]2Cc3cccc(c3F)Cc3nc(ccc3C)CNC(=O)N2CC1(F)F.Cl. The number of carbonyl (C=O) groups excluding carboxylic acids is 1. The molecule has 2 aromatic rings. The minimum atomic E-state index is -4.01. The van der Waals surface area contributed by atoms with Crippen LogP contribution in [0.25, 0.3) is 0 Å². The van der Waals surface area contributed by atoms with Crippen molar-refractivity contribution in [2.24, 2.45) is 0 Å². The number of halogens is 4. The van der Waals surface area contributed by atoms with Gasteiger partial charge in [0.05, 0.1) is 30.6 Å². The van der Waals surface area contributed by atoms with Crippen molar-refractivity contribution in [1.82, 2.24) is 19.9 Å². The number of rotatable bonds is 3. The number of carbonyl (C=O) groups is 1. The number of sulfonamides is 1. The number of hydrogen-bond donors (Lipinski definition) is 2. The second kappa shape index (κ2) is 9.71. The second-order valence-corrected chi connectivity index (χ2v) is 10.5. The molecule has 12 heteroatoms. The number of aromatic nitrogens is 1. The van der Waals surface area contributed by atoms with Crippen LogP contribution in [0.15, 0.2) is 30.3 Å². The topological polar surface area (TPSA) is 91.4 Å². The molecule has 2 N–H and O–H groups in total. The Morgan fingerprint density at radius 2 is 1.94 bits per heavy atom. The summed E-state index contributed by atoms with van der Waals surface area (Å²) in [4.78, 5) is 18.3. The number of amides is 2. The summed E-state index contributed by atoms with van der Waals surface area (Å²) in [5.41, 5.74) is 2.49. The summed E-state index contributed by atoms with van der Waals surface area (Å²) in [7, 11) is -4.01. The van der Waals surface area contributed by atoms with Gasteiger partial charge in [-0.2, -0.15) is 0 Å². The van der Waals surface area contributed by atoms with Crippen molar-refractivity contribution in [2.45, 2.75) is 51.2 Å². The van der Waals surface area contributed by atoms with E-state index >= 15 is 4.39 Å². The zero-order valence-corrected chi connectivity index (χ0v) is 20.3. The van der Waals surface area contributed by atoms with Gasteiger partial charge in [-0.25, -0.2) is 31.1 Å². The zero-order valence-electron chi connectivity index (χ0n) is 18.6. The van der Waals surface area contributed by atoms with Crippen LogP contribution in [0.3, 0.4) is 0 Å². The van der Waals surface area contributed by atoms with E-state index in [0.29, 0.717) is 17.0 Å². The fraction of sp³-hybridized carbons (Fsp3) is 0.455. The Bertz CT molecular complexity index is 1200. The Kier molecular flexibility index (Phi) is 7.49. The van der Waals surface area contributed by atoms with E-state index in [-0.39, 0.29) is 37.4 Å². The van der Waals surface area contributed by atoms with Crippen molar-refractivity contribution < 1.29 is 26.4 Å². The molecule has 1 aromatic carbocycles. The molecule has 2 aliphatic rings. The summed E-state index contributed by atoms with van der Waals surface area (Å²) in [5, 5.41) is 2.60. The molecule has 0 radical (unpaired) electrons. The fourth-order valence-corrected chi connectivity index (χ4v) is 5.17. The number of nitrogens with zero attached hydrogens (tertiary/aromatic N) is 2. The van der Waals surface area contributed by atoms with Crippen molar-refractivity contribution in [3.05, 3.63) is 64.2 Å². The molecule has 186 valence electrons. The minimum absolute atomic E-state index is 0. The number of pyridine rings is 1. The Hall–Kier alpha value is -2.37. The number of urea groups is 1. The number of hydrogen-bond acceptors (Lipinski definition) is 4. The summed E-state index contributed by atoms with van der Waals surface area (Å²) >= 11 is 0. The van der Waals surface area contributed by atoms with Crippen LogP contribution in [0.5, 0.6) is 0 Å². The number of aryl methyl sites for hydroxylation is 1. The molecule has 2 amide bonds. The van der Waals surface area contributed by atoms with E-state index < -0.39 is 52.2 Å². The molecule has 1 aromatic heterocycles. The van der Waals surface area contributed by atoms with Crippen molar-refractivity contribution in [3.63, 3.8) is 0 Å². The molecule has 0 aliphatic carbocycles. The molecular weight excluding hydrogens is 493 g/mol. The van der Waals surface area contributed by atoms with Crippen LogP contribution >= 0.6 is 12.4 Å². The first-order valence-corrected chi connectivity index (χ1v) is 12.3. The predicted molar refractivity (Wildman–Crippen MR) is 123 cm³/mol. The molecule has 4 rings (SSSR count). The number of fused-ring (bicyclic) bond motifs is 5. The third kappa shape index (κ3) is 5.16. The summed E-state index contributed by atoms with van der Waals surface area (Å²) in [5.74, 6) is -4.51. The lowest BCUT2D eigenvalue weighted by Gasteiger charge is -2.28. The molecule has 2 atom stereocenters. The molecule has 7 nitrogen and oxygen atoms in total. The van der Waals surface area contributed by atoms with Gasteiger partial charge in [-0.1, -0.05) is 24.3 Å². The Labute approximate surface area is 202 Å². The normalized spacial score (nSPS) is 21.9. The standard InChI is InChI=1S/C22H25F3N4O3S.ClH/c1-3-33(31,32)28-20-18-10-15-6-4-5-14(19(15)23)9-17-13(2)7-8-16(27-17)11-26-21(30)29(18)12-22(20,24)25;/h4-8,18,20,28H,3,9-12H2,1-2H3,(H,26,30);1H/t18-,20+;/m0./s1. The van der Waals surface area contributed by atoms with Crippen molar-refractivity contribution in [3.8, 4) is 0 Å². The van der Waals surface area contributed by atoms with Crippen LogP contribution in [0, 0.1) is 12.7 Å². The Morgan fingerprint density at radius 1 is 1.24 bits per heavy atom. The fourth-order valence-electron chi connectivity index (χ4n) is 4.29. The van der Waals surface area contributed by atoms with E-state index in [4.69, 9.17) is 0 Å². The third-order valence-corrected chi connectivity index (χ3v) is 7.57. The molecule has 1 fully saturated rings. The van der Waals surface area contributed by atoms with E-state index in [0.717, 1.165) is 10.5 Å². The molecule has 1 saturated heterocycles. The Balaban J connectivity index is 0.00000324. The maximum atomic E-state index is 15.4. The van der Waals surface area contributed by atoms with E-state index in [1.165, 1.54) is 13.0 Å². The lowest BCUT2D eigenvalue weighted by atomic mass is 9.95. The van der Waals surface area contributed by atoms with Gasteiger partial charge in [0, 0.05) is 12.1 Å². The molecule has 0 saturated carbocycles. The summed E-state index contributed by atoms with van der Waals surface area (Å²) in [6.45, 7) is 2.18. The zero-order chi connectivity index (χ0) is 24.0. The van der Waals surface area contributed by atoms with Crippen molar-refractivity contribution >= 4 is 28.5 Å². The maximum Gasteiger partial charge on any atom is 0.318 e. The van der Waals surface area contributed by atoms with E-state index in [2.05, 4.69) is 10.3 Å². The minimum Gasteiger partial charge on any atom is -0.332 e. The summed E-state index contributed by atoms with van der Waals surface area (Å²) in [6.07, 6.45) is -0.0761. The van der Waals surface area contributed by atoms with Crippen LogP contribution in [0.1, 0.15) is 35.0 Å². The lowest BCUT2D eigenvalue weighted by Crippen LogP contribution is -2.53. The molecular formula is C22H26ClF3N4O3S. The van der Waals surface area contributed by atoms with Gasteiger partial charge < -0.3 is 10.2 Å². The first kappa shape index (κ1) is 26.2. The van der Waals surface area contributed by atoms with Gasteiger partial charge in [0.2, 0.25) is 10.0 Å². The number of benzene rings is 1. The predicted octanol–water partition coefficient (Wildman–Crippen LogP) is 2.93. The summed E-state index contributed by atoms with van der Waals surface area (Å²) in [6, 6.07) is 4.24. The van der Waals surface area contributed by atoms with Gasteiger partial charge in [0.15, 0.2) is 0 Å². The number of alkyl halides is 2. The molecule has 34 heavy (non-hydrogen) atoms. The van der Waals surface area contributed by atoms with Crippen LogP contribution in [-0.2, 0) is 29.4 Å². The first-order valence-electron chi connectivity index (χ1n) is 10.6. The van der Waals surface area contributed by atoms with Crippen LogP contribution in [0.2, 0.25) is 0 Å². The highest BCUT2D eigenvalue weighted by molar-refractivity contribution is 7.89. The van der Waals surface area contributed by atoms with E-state index in [1.54, 1.807) is 18.2 Å². The van der Waals surface area contributed by atoms with Crippen LogP contribution in [0.4, 0.5) is 18.0 Å². The highest BCUT2D eigenvalue weighted by Crippen LogP contribution is 2.35. The highest BCUT2D eigenvalue weighted by Gasteiger charge is 2.57. The maximum absolute atomic E-state index is 15.4. The summed E-state index contributed by atoms with van der Waals surface area (Å²) < 4.78 is 71.8. The van der Waals surface area contributed by atoms with Gasteiger partial charge in [0.1, 0.15) is 11.9 Å². The average molecular weight is 519 g/mol. The van der Waals surface area contributed by atoms with Gasteiger partial charge in [-0.15, -0.1) is 12.4 Å². The van der Waals surface area contributed by atoms with E-state index in [9.17, 15) is 22.0 Å². The quantitative estimate of drug-likeness (QED) is 0.653. The van der Waals surface area contributed by atoms with Crippen molar-refractivity contribution in [1.29, 1.82) is 0 Å². The largest absolute Gasteiger partial charge is 0.332 e. The molecule has 2 aliphatic heterocycles.